The molecule has 1 saturated carbocycles. The predicted molar refractivity (Wildman–Crippen MR) is 108 cm³/mol. The number of fused-ring (bicyclic) bond motifs is 3. The van der Waals surface area contributed by atoms with Crippen LogP contribution in [0.4, 0.5) is 19.0 Å². The summed E-state index contributed by atoms with van der Waals surface area (Å²) in [5.41, 5.74) is 0.239. The van der Waals surface area contributed by atoms with Crippen molar-refractivity contribution in [3.05, 3.63) is 35.9 Å². The van der Waals surface area contributed by atoms with E-state index >= 15 is 0 Å². The molecule has 6 nitrogen and oxygen atoms in total. The second kappa shape index (κ2) is 6.53. The first kappa shape index (κ1) is 20.5. The summed E-state index contributed by atoms with van der Waals surface area (Å²) < 4.78 is 47.8. The molecule has 1 amide bonds. The van der Waals surface area contributed by atoms with Crippen LogP contribution >= 0.6 is 0 Å². The SMILES string of the molecule is CC1(C)C[C@@H]2C[C@@](C)(CN2C(=O)c2cc3n(n2)[C@H](C(F)(F)F)C[C@@H](c2ccco2)N3)C1. The zero-order valence-electron chi connectivity index (χ0n) is 17.9. The maximum atomic E-state index is 13.8. The summed E-state index contributed by atoms with van der Waals surface area (Å²) in [5.74, 6) is 0.329. The number of rotatable bonds is 2. The van der Waals surface area contributed by atoms with Crippen LogP contribution in [0.25, 0.3) is 0 Å². The average molecular weight is 436 g/mol. The van der Waals surface area contributed by atoms with Crippen molar-refractivity contribution in [2.75, 3.05) is 11.9 Å². The molecule has 0 radical (unpaired) electrons. The monoisotopic (exact) mass is 436 g/mol. The highest BCUT2D eigenvalue weighted by Gasteiger charge is 2.52. The van der Waals surface area contributed by atoms with Crippen molar-refractivity contribution in [3.8, 4) is 0 Å². The van der Waals surface area contributed by atoms with Gasteiger partial charge in [-0.3, -0.25) is 4.79 Å². The molecule has 5 rings (SSSR count). The molecule has 31 heavy (non-hydrogen) atoms. The Morgan fingerprint density at radius 3 is 2.74 bits per heavy atom. The standard InChI is InChI=1S/C22H27F3N4O2/c1-20(2)9-13-10-21(3,11-20)12-28(13)19(30)15-8-18-26-14(16-5-4-6-31-16)7-17(22(23,24)25)29(18)27-15/h4-6,8,13-14,17,26H,7,9-12H2,1-3H3/t13-,14+,17+,21-/m1/s1. The lowest BCUT2D eigenvalue weighted by Gasteiger charge is -2.39. The number of halogens is 3. The van der Waals surface area contributed by atoms with Gasteiger partial charge in [0.15, 0.2) is 11.7 Å². The Balaban J connectivity index is 1.46. The second-order valence-electron chi connectivity index (χ2n) is 10.5. The van der Waals surface area contributed by atoms with Crippen molar-refractivity contribution < 1.29 is 22.4 Å². The third-order valence-electron chi connectivity index (χ3n) is 6.97. The van der Waals surface area contributed by atoms with Crippen molar-refractivity contribution in [2.24, 2.45) is 10.8 Å². The van der Waals surface area contributed by atoms with Gasteiger partial charge in [0.25, 0.3) is 5.91 Å². The summed E-state index contributed by atoms with van der Waals surface area (Å²) in [6, 6.07) is 2.38. The van der Waals surface area contributed by atoms with E-state index < -0.39 is 18.3 Å². The molecule has 1 saturated heterocycles. The van der Waals surface area contributed by atoms with Crippen LogP contribution in [0, 0.1) is 10.8 Å². The minimum Gasteiger partial charge on any atom is -0.467 e. The number of aromatic nitrogens is 2. The summed E-state index contributed by atoms with van der Waals surface area (Å²) >= 11 is 0. The zero-order chi connectivity index (χ0) is 22.2. The molecule has 168 valence electrons. The van der Waals surface area contributed by atoms with E-state index in [0.717, 1.165) is 23.9 Å². The van der Waals surface area contributed by atoms with Crippen molar-refractivity contribution in [1.29, 1.82) is 0 Å². The normalized spacial score (nSPS) is 31.9. The summed E-state index contributed by atoms with van der Waals surface area (Å²) in [4.78, 5) is 15.2. The van der Waals surface area contributed by atoms with Gasteiger partial charge in [-0.15, -0.1) is 0 Å². The van der Waals surface area contributed by atoms with Gasteiger partial charge in [-0.1, -0.05) is 20.8 Å². The van der Waals surface area contributed by atoms with E-state index in [-0.39, 0.29) is 40.7 Å². The number of amides is 1. The zero-order valence-corrected chi connectivity index (χ0v) is 17.9. The lowest BCUT2D eigenvalue weighted by atomic mass is 9.65. The van der Waals surface area contributed by atoms with Crippen LogP contribution in [0.15, 0.2) is 28.9 Å². The van der Waals surface area contributed by atoms with Crippen molar-refractivity contribution in [2.45, 2.75) is 70.8 Å². The minimum absolute atomic E-state index is 0.0402. The van der Waals surface area contributed by atoms with Gasteiger partial charge in [-0.05, 0) is 42.2 Å². The Labute approximate surface area is 178 Å². The smallest absolute Gasteiger partial charge is 0.410 e. The summed E-state index contributed by atoms with van der Waals surface area (Å²) in [6.45, 7) is 7.25. The topological polar surface area (TPSA) is 63.3 Å². The number of furan rings is 1. The third kappa shape index (κ3) is 3.51. The molecule has 2 bridgehead atoms. The molecule has 2 aromatic rings. The van der Waals surface area contributed by atoms with Gasteiger partial charge in [0.05, 0.1) is 12.3 Å². The Kier molecular flexibility index (Phi) is 4.31. The summed E-state index contributed by atoms with van der Waals surface area (Å²) in [5, 5.41) is 7.21. The number of alkyl halides is 3. The number of carbonyl (C=O) groups is 1. The lowest BCUT2D eigenvalue weighted by Crippen LogP contribution is -2.38. The molecule has 0 spiro atoms. The molecule has 2 aromatic heterocycles. The van der Waals surface area contributed by atoms with Gasteiger partial charge in [-0.25, -0.2) is 4.68 Å². The Morgan fingerprint density at radius 2 is 2.06 bits per heavy atom. The second-order valence-corrected chi connectivity index (χ2v) is 10.5. The first-order valence-corrected chi connectivity index (χ1v) is 10.7. The van der Waals surface area contributed by atoms with Crippen molar-refractivity contribution in [3.63, 3.8) is 0 Å². The molecule has 1 N–H and O–H groups in total. The number of hydrogen-bond donors (Lipinski definition) is 1. The van der Waals surface area contributed by atoms with Crippen LogP contribution < -0.4 is 5.32 Å². The molecule has 0 aromatic carbocycles. The highest BCUT2D eigenvalue weighted by Crippen LogP contribution is 2.53. The quantitative estimate of drug-likeness (QED) is 0.705. The first-order valence-electron chi connectivity index (χ1n) is 10.7. The van der Waals surface area contributed by atoms with E-state index in [2.05, 4.69) is 31.2 Å². The third-order valence-corrected chi connectivity index (χ3v) is 6.97. The fourth-order valence-corrected chi connectivity index (χ4v) is 6.20. The number of nitrogens with one attached hydrogen (secondary N) is 1. The van der Waals surface area contributed by atoms with Gasteiger partial charge >= 0.3 is 6.18 Å². The van der Waals surface area contributed by atoms with Gasteiger partial charge in [0.1, 0.15) is 11.6 Å². The van der Waals surface area contributed by atoms with E-state index in [1.54, 1.807) is 12.1 Å². The molecule has 4 atom stereocenters. The van der Waals surface area contributed by atoms with Crippen LogP contribution in [0.5, 0.6) is 0 Å². The van der Waals surface area contributed by atoms with E-state index in [0.29, 0.717) is 12.3 Å². The number of nitrogens with zero attached hydrogens (tertiary/aromatic N) is 3. The summed E-state index contributed by atoms with van der Waals surface area (Å²) in [6.07, 6.45) is -0.449. The van der Waals surface area contributed by atoms with E-state index in [1.165, 1.54) is 12.3 Å². The van der Waals surface area contributed by atoms with E-state index in [1.807, 2.05) is 4.90 Å². The number of hydrogen-bond acceptors (Lipinski definition) is 4. The van der Waals surface area contributed by atoms with Crippen LogP contribution in [0.1, 0.15) is 74.8 Å². The Hall–Kier alpha value is -2.45. The maximum absolute atomic E-state index is 13.8. The lowest BCUT2D eigenvalue weighted by molar-refractivity contribution is -0.174. The van der Waals surface area contributed by atoms with Crippen LogP contribution in [0.3, 0.4) is 0 Å². The Morgan fingerprint density at radius 1 is 1.29 bits per heavy atom. The summed E-state index contributed by atoms with van der Waals surface area (Å²) in [7, 11) is 0. The molecule has 2 fully saturated rings. The van der Waals surface area contributed by atoms with Crippen LogP contribution in [-0.2, 0) is 0 Å². The van der Waals surface area contributed by atoms with Gasteiger partial charge in [0, 0.05) is 25.1 Å². The molecule has 2 aliphatic heterocycles. The van der Waals surface area contributed by atoms with Crippen LogP contribution in [0.2, 0.25) is 0 Å². The van der Waals surface area contributed by atoms with Crippen molar-refractivity contribution >= 4 is 11.7 Å². The molecule has 0 unspecified atom stereocenters. The maximum Gasteiger partial charge on any atom is 0.410 e. The Bertz CT molecular complexity index is 997. The highest BCUT2D eigenvalue weighted by atomic mass is 19.4. The fourth-order valence-electron chi connectivity index (χ4n) is 6.20. The van der Waals surface area contributed by atoms with Gasteiger partial charge in [0.2, 0.25) is 0 Å². The highest BCUT2D eigenvalue weighted by molar-refractivity contribution is 5.93. The van der Waals surface area contributed by atoms with E-state index in [4.69, 9.17) is 4.42 Å². The largest absolute Gasteiger partial charge is 0.467 e. The number of likely N-dealkylation sites (tertiary alicyclic amines) is 1. The van der Waals surface area contributed by atoms with Crippen LogP contribution in [-0.4, -0.2) is 39.4 Å². The fraction of sp³-hybridized carbons (Fsp3) is 0.636. The molecule has 4 heterocycles. The molecular weight excluding hydrogens is 409 g/mol. The number of carbonyl (C=O) groups excluding carboxylic acids is 1. The first-order chi connectivity index (χ1) is 14.4. The predicted octanol–water partition coefficient (Wildman–Crippen LogP) is 5.18. The average Bonchev–Trinajstić information content (AvgIpc) is 3.35. The van der Waals surface area contributed by atoms with Crippen molar-refractivity contribution in [1.82, 2.24) is 14.7 Å². The molecule has 9 heteroatoms. The molecular formula is C22H27F3N4O2. The van der Waals surface area contributed by atoms with Gasteiger partial charge < -0.3 is 14.6 Å². The van der Waals surface area contributed by atoms with E-state index in [9.17, 15) is 18.0 Å². The number of anilines is 1. The molecule has 1 aliphatic carbocycles. The van der Waals surface area contributed by atoms with Gasteiger partial charge in [-0.2, -0.15) is 18.3 Å². The minimum atomic E-state index is -4.49. The molecule has 3 aliphatic rings.